The Labute approximate surface area is 65.6 Å². The first-order valence-electron chi connectivity index (χ1n) is 3.38. The second-order valence-electron chi connectivity index (χ2n) is 1.95. The van der Waals surface area contributed by atoms with Gasteiger partial charge in [-0.15, -0.1) is 0 Å². The monoisotopic (exact) mass is 157 g/mol. The summed E-state index contributed by atoms with van der Waals surface area (Å²) >= 11 is 1.12. The van der Waals surface area contributed by atoms with Crippen LogP contribution in [0.5, 0.6) is 0 Å². The molecule has 3 heteroatoms. The van der Waals surface area contributed by atoms with E-state index in [9.17, 15) is 4.79 Å². The second-order valence-corrected chi connectivity index (χ2v) is 3.02. The average Bonchev–Trinajstić information content (AvgIpc) is 1.98. The Bertz CT molecular complexity index is 139. The lowest BCUT2D eigenvalue weighted by molar-refractivity contribution is -0.106. The van der Waals surface area contributed by atoms with Gasteiger partial charge in [-0.3, -0.25) is 4.79 Å². The Kier molecular flexibility index (Phi) is 6.30. The average molecular weight is 157 g/mol. The summed E-state index contributed by atoms with van der Waals surface area (Å²) < 4.78 is 0. The first kappa shape index (κ1) is 9.51. The van der Waals surface area contributed by atoms with Crippen LogP contribution in [0.2, 0.25) is 0 Å². The van der Waals surface area contributed by atoms with Crippen molar-refractivity contribution in [3.63, 3.8) is 0 Å². The molecule has 0 atom stereocenters. The van der Waals surface area contributed by atoms with Crippen LogP contribution in [0.3, 0.4) is 0 Å². The summed E-state index contributed by atoms with van der Waals surface area (Å²) in [6.45, 7) is 2.11. The number of hydrogen-bond acceptors (Lipinski definition) is 3. The molecule has 0 saturated heterocycles. The van der Waals surface area contributed by atoms with Gasteiger partial charge in [0.15, 0.2) is 6.07 Å². The molecule has 0 aliphatic carbocycles. The van der Waals surface area contributed by atoms with E-state index in [1.807, 2.05) is 0 Å². The lowest BCUT2D eigenvalue weighted by Crippen LogP contribution is -1.87. The van der Waals surface area contributed by atoms with Crippen LogP contribution in [0.4, 0.5) is 0 Å². The predicted molar refractivity (Wildman–Crippen MR) is 42.6 cm³/mol. The van der Waals surface area contributed by atoms with Gasteiger partial charge in [0.25, 0.3) is 5.12 Å². The van der Waals surface area contributed by atoms with Gasteiger partial charge in [-0.2, -0.15) is 5.26 Å². The van der Waals surface area contributed by atoms with Crippen LogP contribution in [-0.2, 0) is 4.79 Å². The van der Waals surface area contributed by atoms with Crippen molar-refractivity contribution < 1.29 is 4.79 Å². The number of rotatable bonds is 4. The Morgan fingerprint density at radius 2 is 2.30 bits per heavy atom. The van der Waals surface area contributed by atoms with Crippen LogP contribution in [-0.4, -0.2) is 10.9 Å². The van der Waals surface area contributed by atoms with Crippen molar-refractivity contribution in [3.05, 3.63) is 0 Å². The molecule has 0 fully saturated rings. The molecule has 10 heavy (non-hydrogen) atoms. The van der Waals surface area contributed by atoms with Crippen molar-refractivity contribution in [3.8, 4) is 6.07 Å². The van der Waals surface area contributed by atoms with Crippen LogP contribution < -0.4 is 0 Å². The van der Waals surface area contributed by atoms with Crippen LogP contribution >= 0.6 is 11.8 Å². The molecule has 0 amide bonds. The van der Waals surface area contributed by atoms with Gasteiger partial charge in [-0.25, -0.2) is 0 Å². The molecular weight excluding hydrogens is 146 g/mol. The van der Waals surface area contributed by atoms with E-state index in [1.54, 1.807) is 6.07 Å². The summed E-state index contributed by atoms with van der Waals surface area (Å²) in [5.74, 6) is 0.792. The summed E-state index contributed by atoms with van der Waals surface area (Å²) in [7, 11) is 0. The SMILES string of the molecule is CCCCCSC(=O)C#N. The van der Waals surface area contributed by atoms with Crippen molar-refractivity contribution in [1.29, 1.82) is 5.26 Å². The molecule has 0 aliphatic heterocycles. The van der Waals surface area contributed by atoms with Crippen LogP contribution in [0, 0.1) is 11.3 Å². The van der Waals surface area contributed by atoms with E-state index in [1.165, 1.54) is 0 Å². The fourth-order valence-electron chi connectivity index (χ4n) is 0.549. The maximum absolute atomic E-state index is 10.4. The number of carbonyl (C=O) groups is 1. The highest BCUT2D eigenvalue weighted by Gasteiger charge is 1.97. The van der Waals surface area contributed by atoms with E-state index < -0.39 is 0 Å². The molecule has 2 nitrogen and oxygen atoms in total. The number of thioether (sulfide) groups is 1. The van der Waals surface area contributed by atoms with Gasteiger partial charge in [-0.1, -0.05) is 31.5 Å². The van der Waals surface area contributed by atoms with Gasteiger partial charge in [0, 0.05) is 5.75 Å². The van der Waals surface area contributed by atoms with E-state index in [0.717, 1.165) is 36.8 Å². The van der Waals surface area contributed by atoms with Gasteiger partial charge >= 0.3 is 0 Å². The molecule has 0 bridgehead atoms. The number of hydrogen-bond donors (Lipinski definition) is 0. The minimum absolute atomic E-state index is 0.365. The van der Waals surface area contributed by atoms with E-state index in [2.05, 4.69) is 6.92 Å². The van der Waals surface area contributed by atoms with Crippen LogP contribution in [0.15, 0.2) is 0 Å². The summed E-state index contributed by atoms with van der Waals surface area (Å²) in [6, 6.07) is 1.57. The molecule has 0 spiro atoms. The molecule has 0 aliphatic rings. The third-order valence-electron chi connectivity index (χ3n) is 1.07. The number of unbranched alkanes of at least 4 members (excludes halogenated alkanes) is 2. The molecule has 0 rings (SSSR count). The smallest absolute Gasteiger partial charge is 0.270 e. The largest absolute Gasteiger partial charge is 0.288 e. The minimum atomic E-state index is -0.365. The Balaban J connectivity index is 3.06. The molecular formula is C7H11NOS. The maximum atomic E-state index is 10.4. The highest BCUT2D eigenvalue weighted by atomic mass is 32.2. The summed E-state index contributed by atoms with van der Waals surface area (Å²) in [5, 5.41) is 7.71. The van der Waals surface area contributed by atoms with Gasteiger partial charge in [0.2, 0.25) is 0 Å². The van der Waals surface area contributed by atoms with Crippen molar-refractivity contribution in [2.24, 2.45) is 0 Å². The zero-order valence-corrected chi connectivity index (χ0v) is 6.91. The predicted octanol–water partition coefficient (Wildman–Crippen LogP) is 1.96. The molecule has 0 N–H and O–H groups in total. The summed E-state index contributed by atoms with van der Waals surface area (Å²) in [6.07, 6.45) is 3.33. The van der Waals surface area contributed by atoms with Gasteiger partial charge < -0.3 is 0 Å². The maximum Gasteiger partial charge on any atom is 0.288 e. The molecule has 56 valence electrons. The van der Waals surface area contributed by atoms with Gasteiger partial charge in [0.05, 0.1) is 0 Å². The number of carbonyl (C=O) groups excluding carboxylic acids is 1. The summed E-state index contributed by atoms with van der Waals surface area (Å²) in [4.78, 5) is 10.4. The lowest BCUT2D eigenvalue weighted by atomic mass is 10.3. The number of nitriles is 1. The van der Waals surface area contributed by atoms with Crippen molar-refractivity contribution in [1.82, 2.24) is 0 Å². The highest BCUT2D eigenvalue weighted by Crippen LogP contribution is 2.05. The van der Waals surface area contributed by atoms with Crippen LogP contribution in [0.25, 0.3) is 0 Å². The summed E-state index contributed by atoms with van der Waals surface area (Å²) in [5.41, 5.74) is 0. The van der Waals surface area contributed by atoms with E-state index in [0.29, 0.717) is 0 Å². The fourth-order valence-corrected chi connectivity index (χ4v) is 1.15. The normalized spacial score (nSPS) is 8.80. The van der Waals surface area contributed by atoms with Crippen molar-refractivity contribution in [2.75, 3.05) is 5.75 Å². The highest BCUT2D eigenvalue weighted by molar-refractivity contribution is 8.14. The molecule has 0 aromatic carbocycles. The standard InChI is InChI=1S/C7H11NOS/c1-2-3-4-5-10-7(9)6-8/h2-5H2,1H3. The molecule has 0 aromatic rings. The van der Waals surface area contributed by atoms with Crippen molar-refractivity contribution >= 4 is 16.9 Å². The van der Waals surface area contributed by atoms with E-state index >= 15 is 0 Å². The Morgan fingerprint density at radius 3 is 2.80 bits per heavy atom. The molecule has 0 unspecified atom stereocenters. The zero-order valence-electron chi connectivity index (χ0n) is 6.09. The molecule has 0 radical (unpaired) electrons. The Hall–Kier alpha value is -0.490. The quantitative estimate of drug-likeness (QED) is 0.462. The molecule has 0 saturated carbocycles. The van der Waals surface area contributed by atoms with Gasteiger partial charge in [-0.05, 0) is 6.42 Å². The van der Waals surface area contributed by atoms with E-state index in [4.69, 9.17) is 5.26 Å². The molecule has 0 heterocycles. The zero-order chi connectivity index (χ0) is 7.82. The van der Waals surface area contributed by atoms with E-state index in [-0.39, 0.29) is 5.12 Å². The minimum Gasteiger partial charge on any atom is -0.270 e. The fraction of sp³-hybridized carbons (Fsp3) is 0.714. The van der Waals surface area contributed by atoms with Gasteiger partial charge in [0.1, 0.15) is 0 Å². The molecule has 0 aromatic heterocycles. The first-order chi connectivity index (χ1) is 4.81. The first-order valence-corrected chi connectivity index (χ1v) is 4.36. The third kappa shape index (κ3) is 5.64. The second kappa shape index (κ2) is 6.63. The number of nitrogens with zero attached hydrogens (tertiary/aromatic N) is 1. The lowest BCUT2D eigenvalue weighted by Gasteiger charge is -1.92. The van der Waals surface area contributed by atoms with Crippen LogP contribution in [0.1, 0.15) is 26.2 Å². The van der Waals surface area contributed by atoms with Crippen molar-refractivity contribution in [2.45, 2.75) is 26.2 Å². The topological polar surface area (TPSA) is 40.9 Å². The third-order valence-corrected chi connectivity index (χ3v) is 1.92. The Morgan fingerprint density at radius 1 is 1.60 bits per heavy atom.